The van der Waals surface area contributed by atoms with E-state index in [1.807, 2.05) is 73.7 Å². The molecule has 0 amide bonds. The van der Waals surface area contributed by atoms with Crippen molar-refractivity contribution in [3.63, 3.8) is 0 Å². The highest BCUT2D eigenvalue weighted by Crippen LogP contribution is 2.30. The zero-order valence-corrected chi connectivity index (χ0v) is 20.2. The fourth-order valence-corrected chi connectivity index (χ4v) is 4.93. The molecule has 0 aliphatic carbocycles. The highest BCUT2D eigenvalue weighted by Gasteiger charge is 2.22. The van der Waals surface area contributed by atoms with Crippen molar-refractivity contribution in [2.24, 2.45) is 0 Å². The van der Waals surface area contributed by atoms with Gasteiger partial charge in [0.05, 0.1) is 21.8 Å². The van der Waals surface area contributed by atoms with Crippen LogP contribution in [0.2, 0.25) is 0 Å². The molecule has 1 heterocycles. The van der Waals surface area contributed by atoms with Crippen LogP contribution in [0.4, 0.5) is 0 Å². The average molecular weight is 457 g/mol. The molecule has 5 heteroatoms. The first-order chi connectivity index (χ1) is 15.9. The van der Waals surface area contributed by atoms with Crippen LogP contribution in [0, 0.1) is 0 Å². The number of rotatable bonds is 7. The minimum Gasteiger partial charge on any atom is -0.293 e. The van der Waals surface area contributed by atoms with E-state index >= 15 is 0 Å². The van der Waals surface area contributed by atoms with Gasteiger partial charge in [0, 0.05) is 5.56 Å². The molecule has 0 saturated carbocycles. The second-order valence-corrected chi connectivity index (χ2v) is 9.75. The van der Waals surface area contributed by atoms with E-state index in [1.54, 1.807) is 10.6 Å². The number of carbonyl (C=O) groups is 1. The number of thioether (sulfide) groups is 1. The summed E-state index contributed by atoms with van der Waals surface area (Å²) in [4.78, 5) is 31.7. The number of hydrogen-bond donors (Lipinski definition) is 0. The highest BCUT2D eigenvalue weighted by atomic mass is 32.2. The summed E-state index contributed by atoms with van der Waals surface area (Å²) in [5.74, 6) is 0.252. The van der Waals surface area contributed by atoms with Crippen molar-refractivity contribution in [1.29, 1.82) is 0 Å². The zero-order valence-electron chi connectivity index (χ0n) is 19.4. The van der Waals surface area contributed by atoms with E-state index in [-0.39, 0.29) is 17.3 Å². The summed E-state index contributed by atoms with van der Waals surface area (Å²) in [6.07, 6.45) is 0.932. The van der Waals surface area contributed by atoms with Gasteiger partial charge in [0.1, 0.15) is 0 Å². The van der Waals surface area contributed by atoms with Crippen LogP contribution in [0.3, 0.4) is 0 Å². The van der Waals surface area contributed by atoms with Gasteiger partial charge in [-0.25, -0.2) is 4.98 Å². The van der Waals surface area contributed by atoms with Crippen molar-refractivity contribution in [1.82, 2.24) is 9.55 Å². The molecule has 168 valence electrons. The first-order valence-electron chi connectivity index (χ1n) is 11.3. The van der Waals surface area contributed by atoms with Gasteiger partial charge in [-0.2, -0.15) is 0 Å². The second-order valence-electron chi connectivity index (χ2n) is 8.44. The minimum atomic E-state index is -0.400. The van der Waals surface area contributed by atoms with E-state index < -0.39 is 5.25 Å². The lowest BCUT2D eigenvalue weighted by molar-refractivity contribution is 0.0994. The summed E-state index contributed by atoms with van der Waals surface area (Å²) in [5.41, 5.74) is 4.25. The molecule has 0 bridgehead atoms. The summed E-state index contributed by atoms with van der Waals surface area (Å²) in [6, 6.07) is 23.0. The van der Waals surface area contributed by atoms with E-state index in [0.29, 0.717) is 21.6 Å². The van der Waals surface area contributed by atoms with Gasteiger partial charge in [-0.15, -0.1) is 0 Å². The standard InChI is InChI=1S/C28H28N2O2S/c1-5-20-14-16-21(17-15-20)26(31)19(4)33-28-29-24-12-8-6-11-23(24)27(32)30(28)25-13-9-7-10-22(25)18(2)3/h6-19H,5H2,1-4H3. The first kappa shape index (κ1) is 23.0. The molecular weight excluding hydrogens is 428 g/mol. The highest BCUT2D eigenvalue weighted by molar-refractivity contribution is 8.00. The fourth-order valence-electron chi connectivity index (χ4n) is 3.93. The second kappa shape index (κ2) is 9.75. The summed E-state index contributed by atoms with van der Waals surface area (Å²) < 4.78 is 1.67. The average Bonchev–Trinajstić information content (AvgIpc) is 2.84. The first-order valence-corrected chi connectivity index (χ1v) is 12.2. The largest absolute Gasteiger partial charge is 0.293 e. The Morgan fingerprint density at radius 1 is 0.939 bits per heavy atom. The number of Topliss-reactive ketones (excluding diaryl/α,β-unsaturated/α-hetero) is 1. The predicted octanol–water partition coefficient (Wildman–Crippen LogP) is 6.44. The molecule has 0 aliphatic heterocycles. The third-order valence-corrected chi connectivity index (χ3v) is 6.90. The SMILES string of the molecule is CCc1ccc(C(=O)C(C)Sc2nc3ccccc3c(=O)n2-c2ccccc2C(C)C)cc1. The minimum absolute atomic E-state index is 0.0220. The number of nitrogens with zero attached hydrogens (tertiary/aromatic N) is 2. The molecule has 0 N–H and O–H groups in total. The predicted molar refractivity (Wildman–Crippen MR) is 137 cm³/mol. The molecule has 1 unspecified atom stereocenters. The van der Waals surface area contributed by atoms with Crippen molar-refractivity contribution in [2.45, 2.75) is 50.4 Å². The molecule has 0 saturated heterocycles. The van der Waals surface area contributed by atoms with Crippen molar-refractivity contribution < 1.29 is 4.79 Å². The molecule has 0 aliphatic rings. The smallest absolute Gasteiger partial charge is 0.266 e. The maximum atomic E-state index is 13.6. The topological polar surface area (TPSA) is 52.0 Å². The molecule has 1 atom stereocenters. The van der Waals surface area contributed by atoms with Crippen LogP contribution in [-0.2, 0) is 6.42 Å². The van der Waals surface area contributed by atoms with Gasteiger partial charge in [0.2, 0.25) is 0 Å². The molecule has 0 spiro atoms. The lowest BCUT2D eigenvalue weighted by atomic mass is 10.0. The van der Waals surface area contributed by atoms with Crippen molar-refractivity contribution in [2.75, 3.05) is 0 Å². The summed E-state index contributed by atoms with van der Waals surface area (Å²) in [5, 5.41) is 0.690. The Kier molecular flexibility index (Phi) is 6.80. The van der Waals surface area contributed by atoms with E-state index in [2.05, 4.69) is 20.8 Å². The molecule has 4 rings (SSSR count). The number of benzene rings is 3. The normalized spacial score (nSPS) is 12.3. The molecule has 0 fully saturated rings. The van der Waals surface area contributed by atoms with Crippen LogP contribution < -0.4 is 5.56 Å². The Labute approximate surface area is 198 Å². The molecular formula is C28H28N2O2S. The summed E-state index contributed by atoms with van der Waals surface area (Å²) in [7, 11) is 0. The van der Waals surface area contributed by atoms with Gasteiger partial charge in [0.25, 0.3) is 5.56 Å². The van der Waals surface area contributed by atoms with Crippen molar-refractivity contribution >= 4 is 28.4 Å². The van der Waals surface area contributed by atoms with Crippen LogP contribution in [0.1, 0.15) is 55.1 Å². The third kappa shape index (κ3) is 4.64. The van der Waals surface area contributed by atoms with Gasteiger partial charge < -0.3 is 0 Å². The maximum Gasteiger partial charge on any atom is 0.266 e. The lowest BCUT2D eigenvalue weighted by Crippen LogP contribution is -2.24. The number of fused-ring (bicyclic) bond motifs is 1. The van der Waals surface area contributed by atoms with Crippen LogP contribution >= 0.6 is 11.8 Å². The Morgan fingerprint density at radius 2 is 1.61 bits per heavy atom. The number of aromatic nitrogens is 2. The van der Waals surface area contributed by atoms with Gasteiger partial charge >= 0.3 is 0 Å². The number of ketones is 1. The third-order valence-electron chi connectivity index (χ3n) is 5.84. The van der Waals surface area contributed by atoms with E-state index in [4.69, 9.17) is 4.98 Å². The summed E-state index contributed by atoms with van der Waals surface area (Å²) in [6.45, 7) is 8.18. The van der Waals surface area contributed by atoms with Gasteiger partial charge in [0.15, 0.2) is 10.9 Å². The van der Waals surface area contributed by atoms with Crippen LogP contribution in [-0.4, -0.2) is 20.6 Å². The van der Waals surface area contributed by atoms with E-state index in [1.165, 1.54) is 17.3 Å². The van der Waals surface area contributed by atoms with Crippen molar-refractivity contribution in [3.8, 4) is 5.69 Å². The Morgan fingerprint density at radius 3 is 2.30 bits per heavy atom. The van der Waals surface area contributed by atoms with Gasteiger partial charge in [-0.1, -0.05) is 87.1 Å². The molecule has 33 heavy (non-hydrogen) atoms. The molecule has 0 radical (unpaired) electrons. The van der Waals surface area contributed by atoms with Crippen LogP contribution in [0.5, 0.6) is 0 Å². The van der Waals surface area contributed by atoms with E-state index in [0.717, 1.165) is 17.7 Å². The van der Waals surface area contributed by atoms with Gasteiger partial charge in [-0.3, -0.25) is 14.2 Å². The lowest BCUT2D eigenvalue weighted by Gasteiger charge is -2.19. The van der Waals surface area contributed by atoms with E-state index in [9.17, 15) is 9.59 Å². The van der Waals surface area contributed by atoms with Crippen molar-refractivity contribution in [3.05, 3.63) is 99.8 Å². The number of aryl methyl sites for hydroxylation is 1. The maximum absolute atomic E-state index is 13.6. The fraction of sp³-hybridized carbons (Fsp3) is 0.250. The molecule has 4 aromatic rings. The number of carbonyl (C=O) groups excluding carboxylic acids is 1. The number of para-hydroxylation sites is 2. The van der Waals surface area contributed by atoms with Gasteiger partial charge in [-0.05, 0) is 48.6 Å². The Bertz CT molecular complexity index is 1360. The zero-order chi connectivity index (χ0) is 23.5. The molecule has 1 aromatic heterocycles. The monoisotopic (exact) mass is 456 g/mol. The van der Waals surface area contributed by atoms with Crippen LogP contribution in [0.15, 0.2) is 82.7 Å². The Hall–Kier alpha value is -3.18. The summed E-state index contributed by atoms with van der Waals surface area (Å²) >= 11 is 1.33. The quantitative estimate of drug-likeness (QED) is 0.183. The molecule has 4 nitrogen and oxygen atoms in total. The number of hydrogen-bond acceptors (Lipinski definition) is 4. The van der Waals surface area contributed by atoms with Crippen LogP contribution in [0.25, 0.3) is 16.6 Å². The molecule has 3 aromatic carbocycles. The Balaban J connectivity index is 1.82.